The van der Waals surface area contributed by atoms with E-state index >= 15 is 0 Å². The van der Waals surface area contributed by atoms with Crippen LogP contribution >= 0.6 is 24.0 Å². The standard InChI is InChI=1S/C19H23ClN2O2.ClH/c1-14-5-10-18(24-14)17(22-11-3-2-4-12-22)13-21-19(23)15-6-8-16(20)9-7-15;/h5-10,17H,2-4,11-13H2,1H3,(H,21,23);1H. The summed E-state index contributed by atoms with van der Waals surface area (Å²) in [6.07, 6.45) is 3.67. The Hall–Kier alpha value is -1.49. The summed E-state index contributed by atoms with van der Waals surface area (Å²) in [4.78, 5) is 14.8. The number of benzene rings is 1. The summed E-state index contributed by atoms with van der Waals surface area (Å²) in [7, 11) is 0. The SMILES string of the molecule is Cc1ccc(C(CNC(=O)c2ccc(Cl)cc2)N2CCCCC2)o1.Cl. The Morgan fingerprint density at radius 2 is 1.84 bits per heavy atom. The number of piperidine rings is 1. The molecule has 2 heterocycles. The number of likely N-dealkylation sites (tertiary alicyclic amines) is 1. The van der Waals surface area contributed by atoms with Crippen LogP contribution in [0.5, 0.6) is 0 Å². The highest BCUT2D eigenvalue weighted by Gasteiger charge is 2.25. The van der Waals surface area contributed by atoms with Gasteiger partial charge in [0.05, 0.1) is 6.04 Å². The normalized spacial score (nSPS) is 16.1. The lowest BCUT2D eigenvalue weighted by atomic mass is 10.1. The minimum absolute atomic E-state index is 0. The average molecular weight is 383 g/mol. The monoisotopic (exact) mass is 382 g/mol. The number of aryl methyl sites for hydroxylation is 1. The van der Waals surface area contributed by atoms with Gasteiger partial charge in [-0.05, 0) is 69.3 Å². The van der Waals surface area contributed by atoms with E-state index < -0.39 is 0 Å². The first-order valence-corrected chi connectivity index (χ1v) is 8.85. The van der Waals surface area contributed by atoms with Crippen LogP contribution < -0.4 is 5.32 Å². The molecule has 2 aromatic rings. The van der Waals surface area contributed by atoms with E-state index in [0.717, 1.165) is 24.6 Å². The summed E-state index contributed by atoms with van der Waals surface area (Å²) >= 11 is 5.88. The minimum atomic E-state index is -0.0862. The van der Waals surface area contributed by atoms with Gasteiger partial charge < -0.3 is 9.73 Å². The molecule has 3 rings (SSSR count). The van der Waals surface area contributed by atoms with Crippen LogP contribution in [0.1, 0.15) is 47.2 Å². The zero-order chi connectivity index (χ0) is 16.9. The topological polar surface area (TPSA) is 45.5 Å². The van der Waals surface area contributed by atoms with Crippen LogP contribution in [0.4, 0.5) is 0 Å². The molecule has 136 valence electrons. The highest BCUT2D eigenvalue weighted by atomic mass is 35.5. The van der Waals surface area contributed by atoms with Gasteiger partial charge in [0.2, 0.25) is 0 Å². The van der Waals surface area contributed by atoms with E-state index in [4.69, 9.17) is 16.0 Å². The summed E-state index contributed by atoms with van der Waals surface area (Å²) in [6.45, 7) is 4.57. The van der Waals surface area contributed by atoms with Gasteiger partial charge in [-0.2, -0.15) is 0 Å². The maximum atomic E-state index is 12.4. The van der Waals surface area contributed by atoms with Crippen molar-refractivity contribution in [2.24, 2.45) is 0 Å². The van der Waals surface area contributed by atoms with Crippen LogP contribution in [0.25, 0.3) is 0 Å². The van der Waals surface area contributed by atoms with E-state index in [-0.39, 0.29) is 24.4 Å². The van der Waals surface area contributed by atoms with Gasteiger partial charge in [-0.3, -0.25) is 9.69 Å². The Morgan fingerprint density at radius 1 is 1.16 bits per heavy atom. The maximum Gasteiger partial charge on any atom is 0.251 e. The number of carbonyl (C=O) groups is 1. The van der Waals surface area contributed by atoms with Crippen LogP contribution in [0.15, 0.2) is 40.8 Å². The van der Waals surface area contributed by atoms with E-state index in [9.17, 15) is 4.79 Å². The fraction of sp³-hybridized carbons (Fsp3) is 0.421. The van der Waals surface area contributed by atoms with Gasteiger partial charge in [0.1, 0.15) is 11.5 Å². The molecule has 1 unspecified atom stereocenters. The van der Waals surface area contributed by atoms with E-state index in [1.54, 1.807) is 24.3 Å². The van der Waals surface area contributed by atoms with Gasteiger partial charge >= 0.3 is 0 Å². The van der Waals surface area contributed by atoms with E-state index in [1.165, 1.54) is 19.3 Å². The second kappa shape index (κ2) is 9.27. The lowest BCUT2D eigenvalue weighted by Gasteiger charge is -2.33. The molecule has 0 spiro atoms. The van der Waals surface area contributed by atoms with Crippen molar-refractivity contribution < 1.29 is 9.21 Å². The second-order valence-corrected chi connectivity index (χ2v) is 6.71. The van der Waals surface area contributed by atoms with Gasteiger partial charge in [-0.15, -0.1) is 12.4 Å². The fourth-order valence-electron chi connectivity index (χ4n) is 3.16. The van der Waals surface area contributed by atoms with Crippen molar-refractivity contribution in [3.63, 3.8) is 0 Å². The van der Waals surface area contributed by atoms with E-state index in [2.05, 4.69) is 10.2 Å². The Labute approximate surface area is 159 Å². The molecule has 25 heavy (non-hydrogen) atoms. The second-order valence-electron chi connectivity index (χ2n) is 6.28. The molecule has 0 radical (unpaired) electrons. The number of carbonyl (C=O) groups excluding carboxylic acids is 1. The largest absolute Gasteiger partial charge is 0.465 e. The minimum Gasteiger partial charge on any atom is -0.465 e. The molecule has 1 aromatic carbocycles. The Kier molecular flexibility index (Phi) is 7.36. The highest BCUT2D eigenvalue weighted by molar-refractivity contribution is 6.30. The molecule has 4 nitrogen and oxygen atoms in total. The molecule has 1 N–H and O–H groups in total. The van der Waals surface area contributed by atoms with Gasteiger partial charge in [0, 0.05) is 17.1 Å². The van der Waals surface area contributed by atoms with Gasteiger partial charge in [-0.1, -0.05) is 18.0 Å². The summed E-state index contributed by atoms with van der Waals surface area (Å²) in [5.41, 5.74) is 0.618. The van der Waals surface area contributed by atoms with Gasteiger partial charge in [0.25, 0.3) is 5.91 Å². The molecule has 1 saturated heterocycles. The third-order valence-electron chi connectivity index (χ3n) is 4.48. The summed E-state index contributed by atoms with van der Waals surface area (Å²) < 4.78 is 5.84. The molecular weight excluding hydrogens is 359 g/mol. The van der Waals surface area contributed by atoms with Gasteiger partial charge in [-0.25, -0.2) is 0 Å². The lowest BCUT2D eigenvalue weighted by molar-refractivity contribution is 0.0913. The first kappa shape index (κ1) is 19.8. The summed E-state index contributed by atoms with van der Waals surface area (Å²) in [6, 6.07) is 11.0. The number of furan rings is 1. The quantitative estimate of drug-likeness (QED) is 0.820. The van der Waals surface area contributed by atoms with E-state index in [0.29, 0.717) is 17.1 Å². The lowest BCUT2D eigenvalue weighted by Crippen LogP contribution is -2.40. The van der Waals surface area contributed by atoms with Crippen molar-refractivity contribution in [2.75, 3.05) is 19.6 Å². The molecule has 1 atom stereocenters. The zero-order valence-electron chi connectivity index (χ0n) is 14.3. The van der Waals surface area contributed by atoms with E-state index in [1.807, 2.05) is 19.1 Å². The zero-order valence-corrected chi connectivity index (χ0v) is 15.9. The number of halogens is 2. The number of nitrogens with zero attached hydrogens (tertiary/aromatic N) is 1. The number of hydrogen-bond acceptors (Lipinski definition) is 3. The molecule has 6 heteroatoms. The molecule has 1 aromatic heterocycles. The number of rotatable bonds is 5. The number of amides is 1. The third-order valence-corrected chi connectivity index (χ3v) is 4.74. The van der Waals surface area contributed by atoms with Crippen molar-refractivity contribution >= 4 is 29.9 Å². The first-order valence-electron chi connectivity index (χ1n) is 8.47. The molecule has 1 aliphatic heterocycles. The van der Waals surface area contributed by atoms with Crippen LogP contribution in [-0.4, -0.2) is 30.4 Å². The van der Waals surface area contributed by atoms with Gasteiger partial charge in [0.15, 0.2) is 0 Å². The van der Waals surface area contributed by atoms with Crippen molar-refractivity contribution in [3.05, 3.63) is 58.5 Å². The Morgan fingerprint density at radius 3 is 2.44 bits per heavy atom. The van der Waals surface area contributed by atoms with Crippen molar-refractivity contribution in [1.29, 1.82) is 0 Å². The summed E-state index contributed by atoms with van der Waals surface area (Å²) in [5.74, 6) is 1.73. The fourth-order valence-corrected chi connectivity index (χ4v) is 3.29. The molecule has 0 aliphatic carbocycles. The molecule has 1 amide bonds. The Bertz CT molecular complexity index is 679. The molecule has 0 bridgehead atoms. The number of nitrogens with one attached hydrogen (secondary N) is 1. The predicted molar refractivity (Wildman–Crippen MR) is 103 cm³/mol. The van der Waals surface area contributed by atoms with Crippen molar-refractivity contribution in [3.8, 4) is 0 Å². The highest BCUT2D eigenvalue weighted by Crippen LogP contribution is 2.25. The third kappa shape index (κ3) is 5.24. The van der Waals surface area contributed by atoms with Crippen LogP contribution in [0.2, 0.25) is 5.02 Å². The molecule has 1 fully saturated rings. The smallest absolute Gasteiger partial charge is 0.251 e. The van der Waals surface area contributed by atoms with Crippen molar-refractivity contribution in [1.82, 2.24) is 10.2 Å². The predicted octanol–water partition coefficient (Wildman–Crippen LogP) is 4.62. The number of hydrogen-bond donors (Lipinski definition) is 1. The molecule has 1 aliphatic rings. The average Bonchev–Trinajstić information content (AvgIpc) is 3.02. The van der Waals surface area contributed by atoms with Crippen molar-refractivity contribution in [2.45, 2.75) is 32.2 Å². The Balaban J connectivity index is 0.00000225. The maximum absolute atomic E-state index is 12.4. The molecule has 0 saturated carbocycles. The van der Waals surface area contributed by atoms with Crippen LogP contribution in [0.3, 0.4) is 0 Å². The summed E-state index contributed by atoms with van der Waals surface area (Å²) in [5, 5.41) is 3.67. The van der Waals surface area contributed by atoms with Crippen LogP contribution in [-0.2, 0) is 0 Å². The van der Waals surface area contributed by atoms with Crippen LogP contribution in [0, 0.1) is 6.92 Å². The molecular formula is C19H24Cl2N2O2. The first-order chi connectivity index (χ1) is 11.6.